The molecule has 0 spiro atoms. The third kappa shape index (κ3) is 11.5. The smallest absolute Gasteiger partial charge is 0.219 e. The quantitative estimate of drug-likeness (QED) is 0.241. The Morgan fingerprint density at radius 1 is 1.07 bits per heavy atom. The van der Waals surface area contributed by atoms with Crippen molar-refractivity contribution in [2.75, 3.05) is 13.6 Å². The Bertz CT molecular complexity index is 582. The highest BCUT2D eigenvalue weighted by Gasteiger charge is 2.11. The molecule has 3 nitrogen and oxygen atoms in total. The number of amides is 1. The first-order chi connectivity index (χ1) is 14.1. The minimum absolute atomic E-state index is 0.154. The molecule has 0 aliphatic rings. The van der Waals surface area contributed by atoms with E-state index in [1.807, 2.05) is 0 Å². The van der Waals surface area contributed by atoms with Gasteiger partial charge in [0.1, 0.15) is 0 Å². The average Bonchev–Trinajstić information content (AvgIpc) is 2.75. The molecule has 0 radical (unpaired) electrons. The van der Waals surface area contributed by atoms with Crippen molar-refractivity contribution in [2.45, 2.75) is 77.7 Å². The van der Waals surface area contributed by atoms with Crippen LogP contribution in [0, 0.1) is 5.92 Å². The standard InChI is InChI=1S/C26H42N2O/c1-5-24(6-2)20-21-28(22-25-17-13-11-14-18-25)23(3)16-12-9-7-8-10-15-19-26(29)27-4/h5,11,13-14,17-18,24H,1,3,6-10,12,15-16,19-22H2,2,4H3,(H,27,29). The van der Waals surface area contributed by atoms with Gasteiger partial charge in [-0.2, -0.15) is 0 Å². The average molecular weight is 399 g/mol. The van der Waals surface area contributed by atoms with Gasteiger partial charge in [-0.05, 0) is 43.6 Å². The predicted octanol–water partition coefficient (Wildman–Crippen LogP) is 6.47. The van der Waals surface area contributed by atoms with Crippen LogP contribution in [0.1, 0.15) is 76.7 Å². The number of hydrogen-bond donors (Lipinski definition) is 1. The van der Waals surface area contributed by atoms with Crippen LogP contribution in [0.25, 0.3) is 0 Å². The van der Waals surface area contributed by atoms with Gasteiger partial charge in [0, 0.05) is 32.3 Å². The fraction of sp³-hybridized carbons (Fsp3) is 0.577. The van der Waals surface area contributed by atoms with Gasteiger partial charge in [0.15, 0.2) is 0 Å². The van der Waals surface area contributed by atoms with E-state index in [-0.39, 0.29) is 5.91 Å². The number of carbonyl (C=O) groups excluding carboxylic acids is 1. The highest BCUT2D eigenvalue weighted by atomic mass is 16.1. The summed E-state index contributed by atoms with van der Waals surface area (Å²) in [5.74, 6) is 0.734. The van der Waals surface area contributed by atoms with E-state index in [0.29, 0.717) is 12.3 Å². The van der Waals surface area contributed by atoms with Crippen molar-refractivity contribution in [3.63, 3.8) is 0 Å². The number of allylic oxidation sites excluding steroid dienone is 2. The zero-order valence-corrected chi connectivity index (χ0v) is 18.8. The number of benzene rings is 1. The topological polar surface area (TPSA) is 32.3 Å². The van der Waals surface area contributed by atoms with Crippen LogP contribution in [0.3, 0.4) is 0 Å². The molecule has 1 N–H and O–H groups in total. The van der Waals surface area contributed by atoms with Crippen LogP contribution >= 0.6 is 0 Å². The van der Waals surface area contributed by atoms with Gasteiger partial charge in [-0.1, -0.05) is 75.6 Å². The minimum atomic E-state index is 0.154. The Morgan fingerprint density at radius 2 is 1.69 bits per heavy atom. The zero-order chi connectivity index (χ0) is 21.3. The molecule has 0 aliphatic heterocycles. The van der Waals surface area contributed by atoms with Crippen LogP contribution < -0.4 is 5.32 Å². The van der Waals surface area contributed by atoms with E-state index in [4.69, 9.17) is 0 Å². The van der Waals surface area contributed by atoms with Gasteiger partial charge in [-0.15, -0.1) is 6.58 Å². The van der Waals surface area contributed by atoms with E-state index in [2.05, 4.69) is 66.7 Å². The Balaban J connectivity index is 2.36. The second-order valence-electron chi connectivity index (χ2n) is 7.96. The van der Waals surface area contributed by atoms with Crippen molar-refractivity contribution in [3.05, 3.63) is 60.8 Å². The lowest BCUT2D eigenvalue weighted by atomic mass is 10.0. The fourth-order valence-corrected chi connectivity index (χ4v) is 3.57. The lowest BCUT2D eigenvalue weighted by Crippen LogP contribution is -2.24. The van der Waals surface area contributed by atoms with Gasteiger partial charge < -0.3 is 10.2 Å². The number of carbonyl (C=O) groups is 1. The molecule has 29 heavy (non-hydrogen) atoms. The SMILES string of the molecule is C=CC(CC)CCN(Cc1ccccc1)C(=C)CCCCCCCCC(=O)NC. The number of nitrogens with zero attached hydrogens (tertiary/aromatic N) is 1. The molecule has 0 aliphatic carbocycles. The van der Waals surface area contributed by atoms with Crippen LogP contribution in [0.4, 0.5) is 0 Å². The van der Waals surface area contributed by atoms with Crippen LogP contribution in [0.15, 0.2) is 55.3 Å². The third-order valence-electron chi connectivity index (χ3n) is 5.69. The summed E-state index contributed by atoms with van der Waals surface area (Å²) >= 11 is 0. The molecule has 1 aromatic rings. The maximum atomic E-state index is 11.2. The van der Waals surface area contributed by atoms with Gasteiger partial charge >= 0.3 is 0 Å². The van der Waals surface area contributed by atoms with Crippen molar-refractivity contribution in [1.82, 2.24) is 10.2 Å². The molecule has 0 fully saturated rings. The van der Waals surface area contributed by atoms with Gasteiger partial charge in [0.25, 0.3) is 0 Å². The molecule has 0 aromatic heterocycles. The number of rotatable bonds is 17. The largest absolute Gasteiger partial charge is 0.371 e. The van der Waals surface area contributed by atoms with Gasteiger partial charge in [0.2, 0.25) is 5.91 Å². The molecule has 1 unspecified atom stereocenters. The van der Waals surface area contributed by atoms with Crippen molar-refractivity contribution < 1.29 is 4.79 Å². The summed E-state index contributed by atoms with van der Waals surface area (Å²) in [7, 11) is 1.70. The predicted molar refractivity (Wildman–Crippen MR) is 126 cm³/mol. The molecular formula is C26H42N2O. The monoisotopic (exact) mass is 398 g/mol. The summed E-state index contributed by atoms with van der Waals surface area (Å²) in [5.41, 5.74) is 2.60. The molecular weight excluding hydrogens is 356 g/mol. The maximum absolute atomic E-state index is 11.2. The first-order valence-corrected chi connectivity index (χ1v) is 11.4. The van der Waals surface area contributed by atoms with Crippen LogP contribution in [0.2, 0.25) is 0 Å². The summed E-state index contributed by atoms with van der Waals surface area (Å²) in [6, 6.07) is 10.7. The zero-order valence-electron chi connectivity index (χ0n) is 18.8. The first kappa shape index (κ1) is 25.0. The van der Waals surface area contributed by atoms with E-state index in [1.165, 1.54) is 36.9 Å². The maximum Gasteiger partial charge on any atom is 0.219 e. The molecule has 1 aromatic carbocycles. The summed E-state index contributed by atoms with van der Waals surface area (Å²) < 4.78 is 0. The number of nitrogens with one attached hydrogen (secondary N) is 1. The van der Waals surface area contributed by atoms with Crippen LogP contribution in [0.5, 0.6) is 0 Å². The van der Waals surface area contributed by atoms with Crippen molar-refractivity contribution in [2.24, 2.45) is 5.92 Å². The first-order valence-electron chi connectivity index (χ1n) is 11.4. The van der Waals surface area contributed by atoms with Gasteiger partial charge in [-0.3, -0.25) is 4.79 Å². The lowest BCUT2D eigenvalue weighted by molar-refractivity contribution is -0.120. The van der Waals surface area contributed by atoms with Crippen LogP contribution in [-0.2, 0) is 11.3 Å². The Hall–Kier alpha value is -2.03. The minimum Gasteiger partial charge on any atom is -0.371 e. The Morgan fingerprint density at radius 3 is 2.28 bits per heavy atom. The molecule has 1 amide bonds. The highest BCUT2D eigenvalue weighted by Crippen LogP contribution is 2.20. The van der Waals surface area contributed by atoms with E-state index >= 15 is 0 Å². The summed E-state index contributed by atoms with van der Waals surface area (Å²) in [6.07, 6.45) is 13.1. The number of unbranched alkanes of at least 4 members (excludes halogenated alkanes) is 5. The van der Waals surface area contributed by atoms with E-state index in [0.717, 1.165) is 45.2 Å². The van der Waals surface area contributed by atoms with Gasteiger partial charge in [0.05, 0.1) is 0 Å². The molecule has 0 bridgehead atoms. The van der Waals surface area contributed by atoms with Crippen LogP contribution in [-0.4, -0.2) is 24.4 Å². The lowest BCUT2D eigenvalue weighted by Gasteiger charge is -2.28. The highest BCUT2D eigenvalue weighted by molar-refractivity contribution is 5.75. The molecule has 3 heteroatoms. The molecule has 1 atom stereocenters. The van der Waals surface area contributed by atoms with Crippen molar-refractivity contribution in [1.29, 1.82) is 0 Å². The molecule has 0 saturated heterocycles. The second kappa shape index (κ2) is 15.8. The van der Waals surface area contributed by atoms with Crippen molar-refractivity contribution >= 4 is 5.91 Å². The molecule has 162 valence electrons. The van der Waals surface area contributed by atoms with E-state index in [9.17, 15) is 4.79 Å². The molecule has 0 saturated carbocycles. The third-order valence-corrected chi connectivity index (χ3v) is 5.69. The summed E-state index contributed by atoms with van der Waals surface area (Å²) in [5, 5.41) is 2.68. The number of hydrogen-bond acceptors (Lipinski definition) is 2. The normalized spacial score (nSPS) is 11.7. The fourth-order valence-electron chi connectivity index (χ4n) is 3.57. The van der Waals surface area contributed by atoms with Crippen molar-refractivity contribution in [3.8, 4) is 0 Å². The summed E-state index contributed by atoms with van der Waals surface area (Å²) in [6.45, 7) is 12.6. The Labute approximate surface area is 179 Å². The van der Waals surface area contributed by atoms with E-state index < -0.39 is 0 Å². The molecule has 0 heterocycles. The summed E-state index contributed by atoms with van der Waals surface area (Å²) in [4.78, 5) is 13.7. The van der Waals surface area contributed by atoms with E-state index in [1.54, 1.807) is 7.05 Å². The van der Waals surface area contributed by atoms with Gasteiger partial charge in [-0.25, -0.2) is 0 Å². The second-order valence-corrected chi connectivity index (χ2v) is 7.96. The molecule has 1 rings (SSSR count). The Kier molecular flexibility index (Phi) is 13.7.